The Bertz CT molecular complexity index is 765. The van der Waals surface area contributed by atoms with Gasteiger partial charge in [-0.2, -0.15) is 0 Å². The van der Waals surface area contributed by atoms with Gasteiger partial charge in [0.05, 0.1) is 10.9 Å². The lowest BCUT2D eigenvalue weighted by Gasteiger charge is -2.16. The highest BCUT2D eigenvalue weighted by Crippen LogP contribution is 2.18. The van der Waals surface area contributed by atoms with Gasteiger partial charge in [0.2, 0.25) is 5.43 Å². The van der Waals surface area contributed by atoms with E-state index >= 15 is 0 Å². The monoisotopic (exact) mass is 316 g/mol. The summed E-state index contributed by atoms with van der Waals surface area (Å²) in [5.74, 6) is -0.347. The van der Waals surface area contributed by atoms with E-state index in [0.717, 1.165) is 18.5 Å². The number of benzene rings is 1. The fraction of sp³-hybridized carbons (Fsp3) is 0.412. The number of hydrogen-bond acceptors (Lipinski definition) is 4. The van der Waals surface area contributed by atoms with Crippen molar-refractivity contribution < 1.29 is 4.79 Å². The summed E-state index contributed by atoms with van der Waals surface area (Å²) in [5, 5.41) is 3.17. The van der Waals surface area contributed by atoms with Crippen LogP contribution in [0, 0.1) is 0 Å². The van der Waals surface area contributed by atoms with Crippen LogP contribution in [0.25, 0.3) is 10.9 Å². The van der Waals surface area contributed by atoms with E-state index in [0.29, 0.717) is 24.2 Å². The van der Waals surface area contributed by atoms with Crippen LogP contribution in [0.3, 0.4) is 0 Å². The Morgan fingerprint density at radius 2 is 2.09 bits per heavy atom. The van der Waals surface area contributed by atoms with Gasteiger partial charge in [0.25, 0.3) is 5.91 Å². The maximum Gasteiger partial charge on any atom is 0.256 e. The molecular weight excluding hydrogens is 292 g/mol. The minimum absolute atomic E-state index is 0.141. The molecule has 0 fully saturated rings. The number of nitrogens with zero attached hydrogens (tertiary/aromatic N) is 2. The quantitative estimate of drug-likeness (QED) is 0.787. The molecule has 3 N–H and O–H groups in total. The highest BCUT2D eigenvalue weighted by Gasteiger charge is 2.16. The van der Waals surface area contributed by atoms with Crippen LogP contribution in [-0.2, 0) is 6.54 Å². The van der Waals surface area contributed by atoms with Crippen LogP contribution >= 0.6 is 0 Å². The van der Waals surface area contributed by atoms with Gasteiger partial charge < -0.3 is 20.5 Å². The van der Waals surface area contributed by atoms with Crippen molar-refractivity contribution in [1.82, 2.24) is 14.8 Å². The van der Waals surface area contributed by atoms with Crippen LogP contribution in [0.1, 0.15) is 23.7 Å². The Kier molecular flexibility index (Phi) is 5.39. The first-order chi connectivity index (χ1) is 11.0. The number of nitrogens with two attached hydrogens (primary N) is 1. The molecule has 0 atom stereocenters. The molecule has 23 heavy (non-hydrogen) atoms. The summed E-state index contributed by atoms with van der Waals surface area (Å²) in [6.45, 7) is 3.97. The number of aromatic nitrogens is 1. The van der Waals surface area contributed by atoms with E-state index in [1.807, 2.05) is 42.6 Å². The van der Waals surface area contributed by atoms with Crippen molar-refractivity contribution in [3.05, 3.63) is 40.2 Å². The zero-order chi connectivity index (χ0) is 17.0. The number of rotatable bonds is 6. The van der Waals surface area contributed by atoms with E-state index in [4.69, 9.17) is 5.73 Å². The molecule has 0 aliphatic rings. The molecule has 0 aliphatic carbocycles. The lowest BCUT2D eigenvalue weighted by Crippen LogP contribution is -2.31. The average Bonchev–Trinajstić information content (AvgIpc) is 2.51. The predicted molar refractivity (Wildman–Crippen MR) is 93.8 cm³/mol. The van der Waals surface area contributed by atoms with Crippen molar-refractivity contribution >= 4 is 22.5 Å². The van der Waals surface area contributed by atoms with Crippen molar-refractivity contribution in [2.75, 3.05) is 32.9 Å². The molecule has 1 aromatic carbocycles. The second-order valence-electron chi connectivity index (χ2n) is 5.87. The molecule has 124 valence electrons. The summed E-state index contributed by atoms with van der Waals surface area (Å²) in [6, 6.07) is 5.37. The van der Waals surface area contributed by atoms with Crippen LogP contribution < -0.4 is 16.5 Å². The maximum absolute atomic E-state index is 12.7. The summed E-state index contributed by atoms with van der Waals surface area (Å²) in [4.78, 5) is 27.0. The summed E-state index contributed by atoms with van der Waals surface area (Å²) in [5.41, 5.74) is 6.98. The third kappa shape index (κ3) is 3.71. The molecule has 0 saturated carbocycles. The van der Waals surface area contributed by atoms with Gasteiger partial charge in [-0.1, -0.05) is 13.0 Å². The van der Waals surface area contributed by atoms with Crippen molar-refractivity contribution in [3.8, 4) is 0 Å². The molecule has 1 amide bonds. The summed E-state index contributed by atoms with van der Waals surface area (Å²) < 4.78 is 1.92. The van der Waals surface area contributed by atoms with E-state index in [-0.39, 0.29) is 16.9 Å². The smallest absolute Gasteiger partial charge is 0.256 e. The van der Waals surface area contributed by atoms with Gasteiger partial charge in [-0.25, -0.2) is 0 Å². The Balaban J connectivity index is 2.59. The number of carbonyl (C=O) groups is 1. The van der Waals surface area contributed by atoms with Gasteiger partial charge in [0, 0.05) is 31.5 Å². The van der Waals surface area contributed by atoms with Gasteiger partial charge in [-0.3, -0.25) is 9.59 Å². The van der Waals surface area contributed by atoms with E-state index in [9.17, 15) is 9.59 Å². The first-order valence-electron chi connectivity index (χ1n) is 7.80. The highest BCUT2D eigenvalue weighted by atomic mass is 16.2. The summed E-state index contributed by atoms with van der Waals surface area (Å²) >= 11 is 0. The molecule has 2 rings (SSSR count). The number of anilines is 1. The molecule has 6 nitrogen and oxygen atoms in total. The van der Waals surface area contributed by atoms with Crippen molar-refractivity contribution in [1.29, 1.82) is 0 Å². The van der Waals surface area contributed by atoms with Crippen LogP contribution in [0.2, 0.25) is 0 Å². The Morgan fingerprint density at radius 3 is 2.74 bits per heavy atom. The summed E-state index contributed by atoms with van der Waals surface area (Å²) in [7, 11) is 3.96. The average molecular weight is 316 g/mol. The Morgan fingerprint density at radius 1 is 1.35 bits per heavy atom. The number of amides is 1. The largest absolute Gasteiger partial charge is 0.398 e. The molecule has 0 saturated heterocycles. The minimum Gasteiger partial charge on any atom is -0.398 e. The molecule has 0 unspecified atom stereocenters. The molecular formula is C17H24N4O2. The third-order valence-electron chi connectivity index (χ3n) is 3.71. The number of hydrogen-bond donors (Lipinski definition) is 2. The minimum atomic E-state index is -0.347. The predicted octanol–water partition coefficient (Wildman–Crippen LogP) is 1.29. The molecule has 1 heterocycles. The number of nitrogens with one attached hydrogen (secondary N) is 1. The molecule has 6 heteroatoms. The fourth-order valence-electron chi connectivity index (χ4n) is 2.45. The highest BCUT2D eigenvalue weighted by molar-refractivity contribution is 6.00. The topological polar surface area (TPSA) is 80.4 Å². The zero-order valence-corrected chi connectivity index (χ0v) is 13.9. The lowest BCUT2D eigenvalue weighted by molar-refractivity contribution is 0.0952. The first kappa shape index (κ1) is 17.0. The second-order valence-corrected chi connectivity index (χ2v) is 5.87. The van der Waals surface area contributed by atoms with E-state index in [1.165, 1.54) is 0 Å². The van der Waals surface area contributed by atoms with Gasteiger partial charge in [-0.15, -0.1) is 0 Å². The molecule has 0 spiro atoms. The van der Waals surface area contributed by atoms with Crippen molar-refractivity contribution in [2.24, 2.45) is 0 Å². The number of nitrogen functional groups attached to an aromatic ring is 1. The molecule has 2 aromatic rings. The van der Waals surface area contributed by atoms with Crippen LogP contribution in [0.15, 0.2) is 29.2 Å². The van der Waals surface area contributed by atoms with Gasteiger partial charge >= 0.3 is 0 Å². The van der Waals surface area contributed by atoms with E-state index in [2.05, 4.69) is 5.32 Å². The van der Waals surface area contributed by atoms with E-state index in [1.54, 1.807) is 12.3 Å². The standard InChI is InChI=1S/C17H24N4O2/c1-4-8-19-17(23)12-11-21(10-9-20(2)3)14-7-5-6-13(18)15(14)16(12)22/h5-7,11H,4,8-10,18H2,1-3H3,(H,19,23). The Hall–Kier alpha value is -2.34. The molecule has 0 aliphatic heterocycles. The first-order valence-corrected chi connectivity index (χ1v) is 7.80. The molecule has 1 aromatic heterocycles. The normalized spacial score (nSPS) is 11.1. The van der Waals surface area contributed by atoms with Gasteiger partial charge in [-0.05, 0) is 32.6 Å². The number of fused-ring (bicyclic) bond motifs is 1. The number of likely N-dealkylation sites (N-methyl/N-ethyl adjacent to an activating group) is 1. The zero-order valence-electron chi connectivity index (χ0n) is 13.9. The summed E-state index contributed by atoms with van der Waals surface area (Å²) in [6.07, 6.45) is 2.45. The molecule has 0 radical (unpaired) electrons. The van der Waals surface area contributed by atoms with Gasteiger partial charge in [0.1, 0.15) is 5.56 Å². The Labute approximate surface area is 135 Å². The van der Waals surface area contributed by atoms with E-state index < -0.39 is 0 Å². The number of pyridine rings is 1. The SMILES string of the molecule is CCCNC(=O)c1cn(CCN(C)C)c2cccc(N)c2c1=O. The number of carbonyl (C=O) groups excluding carboxylic acids is 1. The maximum atomic E-state index is 12.7. The lowest BCUT2D eigenvalue weighted by atomic mass is 10.1. The van der Waals surface area contributed by atoms with Crippen LogP contribution in [0.5, 0.6) is 0 Å². The van der Waals surface area contributed by atoms with Crippen molar-refractivity contribution in [2.45, 2.75) is 19.9 Å². The fourth-order valence-corrected chi connectivity index (χ4v) is 2.45. The second kappa shape index (κ2) is 7.28. The van der Waals surface area contributed by atoms with Crippen LogP contribution in [0.4, 0.5) is 5.69 Å². The third-order valence-corrected chi connectivity index (χ3v) is 3.71. The molecule has 0 bridgehead atoms. The van der Waals surface area contributed by atoms with Crippen LogP contribution in [-0.4, -0.2) is 42.6 Å². The van der Waals surface area contributed by atoms with Crippen molar-refractivity contribution in [3.63, 3.8) is 0 Å². The van der Waals surface area contributed by atoms with Gasteiger partial charge in [0.15, 0.2) is 0 Å².